The summed E-state index contributed by atoms with van der Waals surface area (Å²) in [6.45, 7) is 3.95. The fraction of sp³-hybridized carbons (Fsp3) is 0.600. The molecule has 2 heterocycles. The normalized spacial score (nSPS) is 18.1. The summed E-state index contributed by atoms with van der Waals surface area (Å²) in [5, 5.41) is 0.406. The van der Waals surface area contributed by atoms with Gasteiger partial charge in [-0.3, -0.25) is 0 Å². The third-order valence-corrected chi connectivity index (χ3v) is 4.32. The van der Waals surface area contributed by atoms with Crippen LogP contribution in [0.25, 0.3) is 0 Å². The highest BCUT2D eigenvalue weighted by Crippen LogP contribution is 2.18. The van der Waals surface area contributed by atoms with Crippen LogP contribution in [-0.4, -0.2) is 55.1 Å². The first kappa shape index (κ1) is 13.5. The number of rotatable bonds is 2. The van der Waals surface area contributed by atoms with E-state index in [1.54, 1.807) is 13.0 Å². The van der Waals surface area contributed by atoms with Crippen LogP contribution in [0.3, 0.4) is 0 Å². The summed E-state index contributed by atoms with van der Waals surface area (Å²) in [5.41, 5.74) is 0. The van der Waals surface area contributed by atoms with Crippen LogP contribution in [0.5, 0.6) is 0 Å². The molecule has 0 atom stereocenters. The van der Waals surface area contributed by atoms with E-state index in [-0.39, 0.29) is 0 Å². The second kappa shape index (κ2) is 4.99. The number of anilines is 1. The molecule has 6 nitrogen and oxygen atoms in total. The van der Waals surface area contributed by atoms with Crippen LogP contribution in [0.1, 0.15) is 5.82 Å². The van der Waals surface area contributed by atoms with Gasteiger partial charge in [0.1, 0.15) is 16.8 Å². The number of aryl methyl sites for hydroxylation is 1. The van der Waals surface area contributed by atoms with Gasteiger partial charge < -0.3 is 4.90 Å². The molecule has 2 rings (SSSR count). The van der Waals surface area contributed by atoms with Gasteiger partial charge in [0.25, 0.3) is 0 Å². The highest BCUT2D eigenvalue weighted by Gasteiger charge is 2.24. The number of halogens is 1. The number of hydrogen-bond acceptors (Lipinski definition) is 5. The zero-order valence-electron chi connectivity index (χ0n) is 10.3. The topological polar surface area (TPSA) is 66.4 Å². The summed E-state index contributed by atoms with van der Waals surface area (Å²) in [6, 6.07) is 1.70. The average molecular weight is 291 g/mol. The van der Waals surface area contributed by atoms with Crippen LogP contribution in [0.2, 0.25) is 5.15 Å². The smallest absolute Gasteiger partial charge is 0.211 e. The van der Waals surface area contributed by atoms with E-state index in [0.29, 0.717) is 37.2 Å². The quantitative estimate of drug-likeness (QED) is 0.743. The molecule has 0 bridgehead atoms. The zero-order valence-corrected chi connectivity index (χ0v) is 11.9. The fourth-order valence-electron chi connectivity index (χ4n) is 1.93. The molecule has 1 aromatic heterocycles. The Hall–Kier alpha value is -0.920. The lowest BCUT2D eigenvalue weighted by molar-refractivity contribution is 0.387. The standard InChI is InChI=1S/C10H15ClN4O2S/c1-8-12-9(11)7-10(13-8)14-3-5-15(6-4-14)18(2,16)17/h7H,3-6H2,1-2H3. The number of piperazine rings is 1. The highest BCUT2D eigenvalue weighted by atomic mass is 35.5. The molecule has 8 heteroatoms. The second-order valence-electron chi connectivity index (χ2n) is 4.25. The molecule has 1 fully saturated rings. The first-order valence-electron chi connectivity index (χ1n) is 5.57. The summed E-state index contributed by atoms with van der Waals surface area (Å²) in [6.07, 6.45) is 1.23. The molecule has 1 saturated heterocycles. The Kier molecular flexibility index (Phi) is 3.74. The maximum atomic E-state index is 11.4. The van der Waals surface area contributed by atoms with Crippen molar-refractivity contribution in [2.24, 2.45) is 0 Å². The summed E-state index contributed by atoms with van der Waals surface area (Å²) < 4.78 is 24.3. The van der Waals surface area contributed by atoms with E-state index in [2.05, 4.69) is 9.97 Å². The monoisotopic (exact) mass is 290 g/mol. The van der Waals surface area contributed by atoms with Crippen molar-refractivity contribution in [3.63, 3.8) is 0 Å². The Morgan fingerprint density at radius 1 is 1.22 bits per heavy atom. The van der Waals surface area contributed by atoms with E-state index in [9.17, 15) is 8.42 Å². The number of aromatic nitrogens is 2. The molecule has 0 saturated carbocycles. The average Bonchev–Trinajstić information content (AvgIpc) is 2.27. The number of sulfonamides is 1. The number of nitrogens with zero attached hydrogens (tertiary/aromatic N) is 4. The Bertz CT molecular complexity index is 521. The Morgan fingerprint density at radius 3 is 2.33 bits per heavy atom. The van der Waals surface area contributed by atoms with Gasteiger partial charge in [0, 0.05) is 32.2 Å². The molecule has 1 aliphatic heterocycles. The molecule has 1 aromatic rings. The first-order valence-corrected chi connectivity index (χ1v) is 7.80. The van der Waals surface area contributed by atoms with Gasteiger partial charge in [-0.25, -0.2) is 18.4 Å². The predicted octanol–water partition coefficient (Wildman–Crippen LogP) is 0.520. The molecule has 0 aromatic carbocycles. The van der Waals surface area contributed by atoms with Gasteiger partial charge in [-0.15, -0.1) is 0 Å². The summed E-state index contributed by atoms with van der Waals surface area (Å²) in [4.78, 5) is 10.3. The van der Waals surface area contributed by atoms with E-state index >= 15 is 0 Å². The maximum absolute atomic E-state index is 11.4. The largest absolute Gasteiger partial charge is 0.354 e. The molecule has 1 aliphatic rings. The van der Waals surface area contributed by atoms with Crippen molar-refractivity contribution < 1.29 is 8.42 Å². The third-order valence-electron chi connectivity index (χ3n) is 2.82. The molecular weight excluding hydrogens is 276 g/mol. The lowest BCUT2D eigenvalue weighted by atomic mass is 10.3. The van der Waals surface area contributed by atoms with Gasteiger partial charge in [-0.2, -0.15) is 4.31 Å². The Morgan fingerprint density at radius 2 is 1.83 bits per heavy atom. The molecule has 0 radical (unpaired) electrons. The third kappa shape index (κ3) is 3.09. The van der Waals surface area contributed by atoms with Crippen molar-refractivity contribution in [1.82, 2.24) is 14.3 Å². The van der Waals surface area contributed by atoms with E-state index in [0.717, 1.165) is 5.82 Å². The van der Waals surface area contributed by atoms with Crippen LogP contribution < -0.4 is 4.90 Å². The van der Waals surface area contributed by atoms with Crippen molar-refractivity contribution in [3.8, 4) is 0 Å². The first-order chi connectivity index (χ1) is 8.36. The van der Waals surface area contributed by atoms with Crippen LogP contribution >= 0.6 is 11.6 Å². The lowest BCUT2D eigenvalue weighted by Gasteiger charge is -2.34. The van der Waals surface area contributed by atoms with Gasteiger partial charge in [0.05, 0.1) is 6.26 Å². The number of hydrogen-bond donors (Lipinski definition) is 0. The summed E-state index contributed by atoms with van der Waals surface area (Å²) >= 11 is 5.89. The van der Waals surface area contributed by atoms with Crippen molar-refractivity contribution in [2.75, 3.05) is 37.3 Å². The van der Waals surface area contributed by atoms with Crippen LogP contribution in [0.15, 0.2) is 6.07 Å². The molecule has 0 unspecified atom stereocenters. The van der Waals surface area contributed by atoms with Crippen molar-refractivity contribution in [3.05, 3.63) is 17.0 Å². The van der Waals surface area contributed by atoms with Gasteiger partial charge >= 0.3 is 0 Å². The van der Waals surface area contributed by atoms with Gasteiger partial charge in [-0.1, -0.05) is 11.6 Å². The van der Waals surface area contributed by atoms with Crippen LogP contribution in [0, 0.1) is 6.92 Å². The zero-order chi connectivity index (χ0) is 13.3. The molecule has 100 valence electrons. The van der Waals surface area contributed by atoms with Crippen molar-refractivity contribution >= 4 is 27.4 Å². The minimum atomic E-state index is -3.10. The SMILES string of the molecule is Cc1nc(Cl)cc(N2CCN(S(C)(=O)=O)CC2)n1. The van der Waals surface area contributed by atoms with Crippen LogP contribution in [0.4, 0.5) is 5.82 Å². The Labute approximate surface area is 112 Å². The molecule has 18 heavy (non-hydrogen) atoms. The minimum Gasteiger partial charge on any atom is -0.354 e. The molecule has 0 aliphatic carbocycles. The van der Waals surface area contributed by atoms with Crippen molar-refractivity contribution in [1.29, 1.82) is 0 Å². The van der Waals surface area contributed by atoms with E-state index in [1.807, 2.05) is 4.90 Å². The van der Waals surface area contributed by atoms with E-state index in [1.165, 1.54) is 10.6 Å². The minimum absolute atomic E-state index is 0.406. The molecule has 0 spiro atoms. The van der Waals surface area contributed by atoms with Crippen molar-refractivity contribution in [2.45, 2.75) is 6.92 Å². The molecule has 0 N–H and O–H groups in total. The van der Waals surface area contributed by atoms with E-state index < -0.39 is 10.0 Å². The van der Waals surface area contributed by atoms with Crippen LogP contribution in [-0.2, 0) is 10.0 Å². The summed E-state index contributed by atoms with van der Waals surface area (Å²) in [5.74, 6) is 1.36. The molecule has 0 amide bonds. The molecular formula is C10H15ClN4O2S. The van der Waals surface area contributed by atoms with Gasteiger partial charge in [0.15, 0.2) is 0 Å². The van der Waals surface area contributed by atoms with E-state index in [4.69, 9.17) is 11.6 Å². The lowest BCUT2D eigenvalue weighted by Crippen LogP contribution is -2.48. The summed E-state index contributed by atoms with van der Waals surface area (Å²) in [7, 11) is -3.10. The highest BCUT2D eigenvalue weighted by molar-refractivity contribution is 7.88. The fourth-order valence-corrected chi connectivity index (χ4v) is 2.97. The second-order valence-corrected chi connectivity index (χ2v) is 6.61. The maximum Gasteiger partial charge on any atom is 0.211 e. The van der Waals surface area contributed by atoms with Gasteiger partial charge in [0.2, 0.25) is 10.0 Å². The van der Waals surface area contributed by atoms with Gasteiger partial charge in [-0.05, 0) is 6.92 Å². The Balaban J connectivity index is 2.10. The predicted molar refractivity (Wildman–Crippen MR) is 70.4 cm³/mol.